The van der Waals surface area contributed by atoms with Crippen LogP contribution in [0.5, 0.6) is 0 Å². The van der Waals surface area contributed by atoms with E-state index in [0.29, 0.717) is 18.0 Å². The topological polar surface area (TPSA) is 65.2 Å². The Hall–Kier alpha value is -2.02. The van der Waals surface area contributed by atoms with Gasteiger partial charge < -0.3 is 10.5 Å². The first kappa shape index (κ1) is 11.1. The summed E-state index contributed by atoms with van der Waals surface area (Å²) in [6.45, 7) is 3.92. The molecule has 1 aromatic heterocycles. The number of nitrogen functional groups attached to an aromatic ring is 1. The fraction of sp³-hybridized carbons (Fsp3) is 0.273. The molecular weight excluding hydrogens is 192 g/mol. The van der Waals surface area contributed by atoms with E-state index in [2.05, 4.69) is 21.6 Å². The lowest BCUT2D eigenvalue weighted by Crippen LogP contribution is -2.00. The van der Waals surface area contributed by atoms with Gasteiger partial charge in [0, 0.05) is 12.1 Å². The number of anilines is 1. The van der Waals surface area contributed by atoms with E-state index >= 15 is 0 Å². The fourth-order valence-electron chi connectivity index (χ4n) is 0.965. The molecule has 4 nitrogen and oxygen atoms in total. The average molecular weight is 204 g/mol. The van der Waals surface area contributed by atoms with Crippen LogP contribution in [0.25, 0.3) is 0 Å². The minimum absolute atomic E-state index is 0.315. The summed E-state index contributed by atoms with van der Waals surface area (Å²) < 4.78 is 4.66. The van der Waals surface area contributed by atoms with Crippen molar-refractivity contribution < 1.29 is 9.53 Å². The molecule has 0 radical (unpaired) electrons. The quantitative estimate of drug-likeness (QED) is 0.545. The Balaban J connectivity index is 2.88. The Morgan fingerprint density at radius 3 is 3.07 bits per heavy atom. The molecule has 0 aliphatic carbocycles. The third-order valence-corrected chi connectivity index (χ3v) is 1.63. The van der Waals surface area contributed by atoms with Gasteiger partial charge in [0.25, 0.3) is 0 Å². The summed E-state index contributed by atoms with van der Waals surface area (Å²) >= 11 is 0. The summed E-state index contributed by atoms with van der Waals surface area (Å²) in [6.07, 6.45) is 1.64. The highest BCUT2D eigenvalue weighted by molar-refractivity contribution is 5.89. The average Bonchev–Trinajstić information content (AvgIpc) is 2.20. The number of nitrogens with two attached hydrogens (primary N) is 1. The normalized spacial score (nSPS) is 8.93. The minimum atomic E-state index is -0.557. The van der Waals surface area contributed by atoms with E-state index in [1.54, 1.807) is 19.2 Å². The Labute approximate surface area is 88.5 Å². The van der Waals surface area contributed by atoms with E-state index in [0.717, 1.165) is 5.56 Å². The van der Waals surface area contributed by atoms with E-state index in [1.165, 1.54) is 0 Å². The molecule has 1 rings (SSSR count). The molecule has 4 heteroatoms. The molecule has 0 aliphatic heterocycles. The molecule has 0 aromatic carbocycles. The SMILES string of the molecule is CCOC(=O)C#Cc1cc(C)cnc1N. The zero-order valence-electron chi connectivity index (χ0n) is 8.70. The highest BCUT2D eigenvalue weighted by atomic mass is 16.5. The van der Waals surface area contributed by atoms with E-state index in [-0.39, 0.29) is 0 Å². The largest absolute Gasteiger partial charge is 0.456 e. The number of carbonyl (C=O) groups excluding carboxylic acids is 1. The van der Waals surface area contributed by atoms with Crippen molar-refractivity contribution in [3.05, 3.63) is 23.4 Å². The van der Waals surface area contributed by atoms with Crippen LogP contribution in [0.1, 0.15) is 18.1 Å². The third kappa shape index (κ3) is 3.31. The van der Waals surface area contributed by atoms with Crippen LogP contribution in [0.2, 0.25) is 0 Å². The Kier molecular flexibility index (Phi) is 3.69. The van der Waals surface area contributed by atoms with Crippen molar-refractivity contribution in [2.45, 2.75) is 13.8 Å². The van der Waals surface area contributed by atoms with E-state index in [9.17, 15) is 4.79 Å². The van der Waals surface area contributed by atoms with Gasteiger partial charge >= 0.3 is 5.97 Å². The molecule has 2 N–H and O–H groups in total. The van der Waals surface area contributed by atoms with Gasteiger partial charge in [-0.3, -0.25) is 0 Å². The smallest absolute Gasteiger partial charge is 0.384 e. The molecule has 1 heterocycles. The first-order chi connectivity index (χ1) is 7.13. The maximum Gasteiger partial charge on any atom is 0.384 e. The Morgan fingerprint density at radius 2 is 2.40 bits per heavy atom. The molecule has 0 saturated heterocycles. The van der Waals surface area contributed by atoms with Crippen LogP contribution in [0.4, 0.5) is 5.82 Å². The highest BCUT2D eigenvalue weighted by Crippen LogP contribution is 2.07. The predicted octanol–water partition coefficient (Wildman–Crippen LogP) is 0.887. The molecule has 15 heavy (non-hydrogen) atoms. The second-order valence-corrected chi connectivity index (χ2v) is 2.92. The molecule has 78 valence electrons. The number of aryl methyl sites for hydroxylation is 1. The van der Waals surface area contributed by atoms with Crippen molar-refractivity contribution in [1.82, 2.24) is 4.98 Å². The summed E-state index contributed by atoms with van der Waals surface area (Å²) in [7, 11) is 0. The number of hydrogen-bond acceptors (Lipinski definition) is 4. The van der Waals surface area contributed by atoms with Crippen molar-refractivity contribution in [1.29, 1.82) is 0 Å². The molecule has 0 spiro atoms. The van der Waals surface area contributed by atoms with Gasteiger partial charge in [0.05, 0.1) is 12.2 Å². The van der Waals surface area contributed by atoms with Gasteiger partial charge in [-0.15, -0.1) is 0 Å². The maximum absolute atomic E-state index is 11.0. The standard InChI is InChI=1S/C11H12N2O2/c1-3-15-10(14)5-4-9-6-8(2)7-13-11(9)12/h6-7H,3H2,1-2H3,(H2,12,13). The summed E-state index contributed by atoms with van der Waals surface area (Å²) in [5, 5.41) is 0. The lowest BCUT2D eigenvalue weighted by Gasteiger charge is -1.97. The molecule has 0 fully saturated rings. The van der Waals surface area contributed by atoms with E-state index in [4.69, 9.17) is 5.73 Å². The molecule has 1 aromatic rings. The molecule has 0 bridgehead atoms. The zero-order valence-corrected chi connectivity index (χ0v) is 8.70. The predicted molar refractivity (Wildman–Crippen MR) is 56.9 cm³/mol. The van der Waals surface area contributed by atoms with Gasteiger partial charge in [0.1, 0.15) is 5.82 Å². The molecule has 0 aliphatic rings. The van der Waals surface area contributed by atoms with Crippen LogP contribution < -0.4 is 5.73 Å². The number of hydrogen-bond donors (Lipinski definition) is 1. The first-order valence-corrected chi connectivity index (χ1v) is 4.54. The Morgan fingerprint density at radius 1 is 1.67 bits per heavy atom. The van der Waals surface area contributed by atoms with Gasteiger partial charge in [0.15, 0.2) is 0 Å². The lowest BCUT2D eigenvalue weighted by molar-refractivity contribution is -0.136. The Bertz CT molecular complexity index is 430. The minimum Gasteiger partial charge on any atom is -0.456 e. The van der Waals surface area contributed by atoms with Gasteiger partial charge in [-0.05, 0) is 25.5 Å². The van der Waals surface area contributed by atoms with Crippen LogP contribution in [-0.2, 0) is 9.53 Å². The van der Waals surface area contributed by atoms with Crippen LogP contribution in [0, 0.1) is 18.8 Å². The molecule has 0 amide bonds. The fourth-order valence-corrected chi connectivity index (χ4v) is 0.965. The highest BCUT2D eigenvalue weighted by Gasteiger charge is 1.98. The number of rotatable bonds is 1. The van der Waals surface area contributed by atoms with Crippen LogP contribution in [0.15, 0.2) is 12.3 Å². The van der Waals surface area contributed by atoms with Crippen molar-refractivity contribution in [3.8, 4) is 11.8 Å². The number of carbonyl (C=O) groups is 1. The van der Waals surface area contributed by atoms with Gasteiger partial charge in [0.2, 0.25) is 0 Å². The number of aromatic nitrogens is 1. The third-order valence-electron chi connectivity index (χ3n) is 1.63. The number of ether oxygens (including phenoxy) is 1. The van der Waals surface area contributed by atoms with Crippen molar-refractivity contribution in [2.75, 3.05) is 12.3 Å². The molecular formula is C11H12N2O2. The summed E-state index contributed by atoms with van der Waals surface area (Å²) in [5.41, 5.74) is 7.07. The molecule has 0 saturated carbocycles. The van der Waals surface area contributed by atoms with Crippen LogP contribution >= 0.6 is 0 Å². The monoisotopic (exact) mass is 204 g/mol. The molecule has 0 unspecified atom stereocenters. The number of pyridine rings is 1. The zero-order chi connectivity index (χ0) is 11.3. The summed E-state index contributed by atoms with van der Waals surface area (Å²) in [4.78, 5) is 14.9. The second kappa shape index (κ2) is 5.01. The number of esters is 1. The van der Waals surface area contributed by atoms with Crippen molar-refractivity contribution in [3.63, 3.8) is 0 Å². The second-order valence-electron chi connectivity index (χ2n) is 2.92. The van der Waals surface area contributed by atoms with Crippen LogP contribution in [-0.4, -0.2) is 17.6 Å². The van der Waals surface area contributed by atoms with Gasteiger partial charge in [-0.25, -0.2) is 9.78 Å². The first-order valence-electron chi connectivity index (χ1n) is 4.54. The molecule has 0 atom stereocenters. The van der Waals surface area contributed by atoms with Gasteiger partial charge in [-0.2, -0.15) is 0 Å². The lowest BCUT2D eigenvalue weighted by atomic mass is 10.2. The van der Waals surface area contributed by atoms with E-state index in [1.807, 2.05) is 6.92 Å². The van der Waals surface area contributed by atoms with Crippen molar-refractivity contribution >= 4 is 11.8 Å². The van der Waals surface area contributed by atoms with Crippen LogP contribution in [0.3, 0.4) is 0 Å². The van der Waals surface area contributed by atoms with Gasteiger partial charge in [-0.1, -0.05) is 5.92 Å². The van der Waals surface area contributed by atoms with Crippen molar-refractivity contribution in [2.24, 2.45) is 0 Å². The summed E-state index contributed by atoms with van der Waals surface area (Å²) in [6, 6.07) is 1.77. The van der Waals surface area contributed by atoms with E-state index < -0.39 is 5.97 Å². The number of nitrogens with zero attached hydrogens (tertiary/aromatic N) is 1. The maximum atomic E-state index is 11.0. The summed E-state index contributed by atoms with van der Waals surface area (Å²) in [5.74, 6) is 4.72.